The second-order valence-corrected chi connectivity index (χ2v) is 8.85. The molecule has 1 aliphatic carbocycles. The molecule has 1 rings (SSSR count). The maximum atomic E-state index is 12.0. The van der Waals surface area contributed by atoms with Gasteiger partial charge in [-0.1, -0.05) is 19.6 Å². The minimum absolute atomic E-state index is 0.0403. The van der Waals surface area contributed by atoms with E-state index < -0.39 is 36.3 Å². The fourth-order valence-corrected chi connectivity index (χ4v) is 3.38. The van der Waals surface area contributed by atoms with Gasteiger partial charge in [0.1, 0.15) is 25.4 Å². The van der Waals surface area contributed by atoms with Crippen molar-refractivity contribution in [2.45, 2.75) is 65.6 Å². The molecule has 10 nitrogen and oxygen atoms in total. The summed E-state index contributed by atoms with van der Waals surface area (Å²) in [6, 6.07) is 0. The Hall–Kier alpha value is -3.04. The molecule has 0 aromatic carbocycles. The fraction of sp³-hybridized carbons (Fsp3) is 0.667. The Morgan fingerprint density at radius 3 is 1.53 bits per heavy atom. The molecule has 4 unspecified atom stereocenters. The molecular formula is C24H38N2O8. The molecule has 34 heavy (non-hydrogen) atoms. The number of esters is 2. The fourth-order valence-electron chi connectivity index (χ4n) is 3.38. The van der Waals surface area contributed by atoms with Gasteiger partial charge < -0.3 is 29.6 Å². The number of rotatable bonds is 12. The van der Waals surface area contributed by atoms with Crippen LogP contribution in [0.25, 0.3) is 0 Å². The molecule has 2 amide bonds. The van der Waals surface area contributed by atoms with Crippen molar-refractivity contribution in [3.8, 4) is 0 Å². The zero-order valence-electron chi connectivity index (χ0n) is 20.6. The molecule has 0 aromatic rings. The van der Waals surface area contributed by atoms with Gasteiger partial charge in [0.25, 0.3) is 0 Å². The van der Waals surface area contributed by atoms with Crippen molar-refractivity contribution < 1.29 is 38.1 Å². The Labute approximate surface area is 201 Å². The van der Waals surface area contributed by atoms with Crippen molar-refractivity contribution in [2.75, 3.05) is 26.3 Å². The van der Waals surface area contributed by atoms with Crippen LogP contribution in [0.3, 0.4) is 0 Å². The number of alkyl carbamates (subject to hydrolysis) is 2. The highest BCUT2D eigenvalue weighted by atomic mass is 16.6. The summed E-state index contributed by atoms with van der Waals surface area (Å²) in [5.41, 5.74) is 0.565. The van der Waals surface area contributed by atoms with Crippen LogP contribution in [-0.2, 0) is 28.5 Å². The Kier molecular flexibility index (Phi) is 12.8. The summed E-state index contributed by atoms with van der Waals surface area (Å²) in [6.07, 6.45) is 1.49. The largest absolute Gasteiger partial charge is 0.458 e. The highest BCUT2D eigenvalue weighted by molar-refractivity contribution is 5.87. The van der Waals surface area contributed by atoms with Crippen LogP contribution in [0, 0.1) is 11.8 Å². The van der Waals surface area contributed by atoms with E-state index >= 15 is 0 Å². The summed E-state index contributed by atoms with van der Waals surface area (Å²) in [4.78, 5) is 46.8. The SMILES string of the molecule is C=C(C)C(=O)OCC(C)OC(=O)NCC1CCCC(CNC(=O)OC(C)COC(=O)C(=C)C)C1. The second-order valence-electron chi connectivity index (χ2n) is 8.85. The number of hydrogen-bond donors (Lipinski definition) is 2. The first-order chi connectivity index (χ1) is 16.0. The van der Waals surface area contributed by atoms with E-state index in [4.69, 9.17) is 18.9 Å². The van der Waals surface area contributed by atoms with Gasteiger partial charge in [-0.2, -0.15) is 0 Å². The predicted octanol–water partition coefficient (Wildman–Crippen LogP) is 3.26. The van der Waals surface area contributed by atoms with Crippen LogP contribution in [0.15, 0.2) is 24.3 Å². The lowest BCUT2D eigenvalue weighted by molar-refractivity contribution is -0.142. The maximum absolute atomic E-state index is 12.0. The zero-order valence-corrected chi connectivity index (χ0v) is 20.6. The summed E-state index contributed by atoms with van der Waals surface area (Å²) < 4.78 is 20.3. The summed E-state index contributed by atoms with van der Waals surface area (Å²) in [6.45, 7) is 14.2. The number of nitrogens with one attached hydrogen (secondary N) is 2. The standard InChI is InChI=1S/C24H38N2O8/c1-15(2)21(27)31-13-17(5)33-23(29)25-11-19-8-7-9-20(10-19)12-26-24(30)34-18(6)14-32-22(28)16(3)4/h17-20H,1,3,7-14H2,2,4-6H3,(H,25,29)(H,26,30). The van der Waals surface area contributed by atoms with Crippen LogP contribution >= 0.6 is 0 Å². The number of ether oxygens (including phenoxy) is 4. The molecule has 0 heterocycles. The average molecular weight is 483 g/mol. The first-order valence-electron chi connectivity index (χ1n) is 11.5. The monoisotopic (exact) mass is 482 g/mol. The first kappa shape index (κ1) is 29.0. The molecular weight excluding hydrogens is 444 g/mol. The van der Waals surface area contributed by atoms with E-state index in [-0.39, 0.29) is 36.2 Å². The van der Waals surface area contributed by atoms with Crippen LogP contribution in [0.5, 0.6) is 0 Å². The minimum Gasteiger partial charge on any atom is -0.458 e. The highest BCUT2D eigenvalue weighted by Crippen LogP contribution is 2.28. The lowest BCUT2D eigenvalue weighted by Gasteiger charge is -2.29. The van der Waals surface area contributed by atoms with Crippen molar-refractivity contribution in [1.29, 1.82) is 0 Å². The third-order valence-electron chi connectivity index (χ3n) is 5.17. The summed E-state index contributed by atoms with van der Waals surface area (Å²) >= 11 is 0. The van der Waals surface area contributed by atoms with Crippen LogP contribution in [-0.4, -0.2) is 62.6 Å². The molecule has 0 saturated heterocycles. The van der Waals surface area contributed by atoms with Gasteiger partial charge in [0.15, 0.2) is 0 Å². The van der Waals surface area contributed by atoms with Crippen molar-refractivity contribution in [1.82, 2.24) is 10.6 Å². The molecule has 1 saturated carbocycles. The molecule has 2 N–H and O–H groups in total. The van der Waals surface area contributed by atoms with Gasteiger partial charge in [0.2, 0.25) is 0 Å². The second kappa shape index (κ2) is 15.0. The topological polar surface area (TPSA) is 129 Å². The minimum atomic E-state index is -0.579. The molecule has 0 spiro atoms. The van der Waals surface area contributed by atoms with E-state index in [2.05, 4.69) is 23.8 Å². The summed E-state index contributed by atoms with van der Waals surface area (Å²) in [7, 11) is 0. The van der Waals surface area contributed by atoms with E-state index in [9.17, 15) is 19.2 Å². The Bertz CT molecular complexity index is 691. The van der Waals surface area contributed by atoms with Gasteiger partial charge in [-0.15, -0.1) is 0 Å². The maximum Gasteiger partial charge on any atom is 0.407 e. The quantitative estimate of drug-likeness (QED) is 0.246. The zero-order chi connectivity index (χ0) is 25.7. The molecule has 0 radical (unpaired) electrons. The average Bonchev–Trinajstić information content (AvgIpc) is 2.78. The van der Waals surface area contributed by atoms with Crippen LogP contribution in [0.2, 0.25) is 0 Å². The van der Waals surface area contributed by atoms with Gasteiger partial charge in [0.05, 0.1) is 0 Å². The highest BCUT2D eigenvalue weighted by Gasteiger charge is 2.24. The number of carbonyl (C=O) groups excluding carboxylic acids is 4. The Balaban J connectivity index is 2.26. The van der Waals surface area contributed by atoms with Gasteiger partial charge in [0, 0.05) is 24.2 Å². The number of carbonyl (C=O) groups is 4. The molecule has 0 aromatic heterocycles. The number of amides is 2. The van der Waals surface area contributed by atoms with Gasteiger partial charge in [-0.25, -0.2) is 19.2 Å². The summed E-state index contributed by atoms with van der Waals surface area (Å²) in [5.74, 6) is -0.521. The van der Waals surface area contributed by atoms with E-state index in [0.29, 0.717) is 13.1 Å². The van der Waals surface area contributed by atoms with Crippen molar-refractivity contribution in [2.24, 2.45) is 11.8 Å². The van der Waals surface area contributed by atoms with Crippen molar-refractivity contribution in [3.05, 3.63) is 24.3 Å². The molecule has 1 aliphatic rings. The molecule has 4 atom stereocenters. The van der Waals surface area contributed by atoms with Gasteiger partial charge in [-0.3, -0.25) is 0 Å². The normalized spacial score (nSPS) is 19.1. The number of hydrogen-bond acceptors (Lipinski definition) is 8. The third-order valence-corrected chi connectivity index (χ3v) is 5.17. The smallest absolute Gasteiger partial charge is 0.407 e. The van der Waals surface area contributed by atoms with Crippen molar-refractivity contribution in [3.63, 3.8) is 0 Å². The molecule has 10 heteroatoms. The predicted molar refractivity (Wildman–Crippen MR) is 125 cm³/mol. The molecule has 1 fully saturated rings. The molecule has 0 bridgehead atoms. The Morgan fingerprint density at radius 1 is 0.794 bits per heavy atom. The lowest BCUT2D eigenvalue weighted by atomic mass is 9.81. The van der Waals surface area contributed by atoms with E-state index in [1.807, 2.05) is 0 Å². The Morgan fingerprint density at radius 2 is 1.18 bits per heavy atom. The van der Waals surface area contributed by atoms with Crippen LogP contribution in [0.1, 0.15) is 53.4 Å². The van der Waals surface area contributed by atoms with Crippen molar-refractivity contribution >= 4 is 24.1 Å². The van der Waals surface area contributed by atoms with E-state index in [1.54, 1.807) is 27.7 Å². The third kappa shape index (κ3) is 12.3. The lowest BCUT2D eigenvalue weighted by Crippen LogP contribution is -2.38. The van der Waals surface area contributed by atoms with Gasteiger partial charge in [-0.05, 0) is 58.8 Å². The van der Waals surface area contributed by atoms with Crippen LogP contribution in [0.4, 0.5) is 9.59 Å². The van der Waals surface area contributed by atoms with Gasteiger partial charge >= 0.3 is 24.1 Å². The molecule has 192 valence electrons. The van der Waals surface area contributed by atoms with Crippen LogP contribution < -0.4 is 10.6 Å². The van der Waals surface area contributed by atoms with E-state index in [1.165, 1.54) is 0 Å². The molecule has 0 aliphatic heterocycles. The summed E-state index contributed by atoms with van der Waals surface area (Å²) in [5, 5.41) is 5.51. The van der Waals surface area contributed by atoms with E-state index in [0.717, 1.165) is 25.7 Å². The first-order valence-corrected chi connectivity index (χ1v) is 11.5.